The largest absolute Gasteiger partial charge is 0.412 e. The van der Waals surface area contributed by atoms with Gasteiger partial charge >= 0.3 is 0 Å². The molecule has 0 saturated carbocycles. The Morgan fingerprint density at radius 3 is 2.34 bits per heavy atom. The quantitative estimate of drug-likeness (QED) is 0.315. The fourth-order valence-electron chi connectivity index (χ4n) is 3.47. The van der Waals surface area contributed by atoms with Crippen LogP contribution < -0.4 is 11.0 Å². The number of hydrogen-bond donors (Lipinski definition) is 2. The molecule has 0 saturated heterocycles. The predicted octanol–water partition coefficient (Wildman–Crippen LogP) is 4.12. The van der Waals surface area contributed by atoms with Gasteiger partial charge in [-0.3, -0.25) is 15.3 Å². The number of benzene rings is 3. The van der Waals surface area contributed by atoms with Crippen LogP contribution in [0.25, 0.3) is 15.9 Å². The average Bonchev–Trinajstić information content (AvgIpc) is 3.36. The minimum absolute atomic E-state index is 0. The van der Waals surface area contributed by atoms with Crippen LogP contribution in [0.5, 0.6) is 0 Å². The van der Waals surface area contributed by atoms with E-state index in [0.717, 1.165) is 27.2 Å². The second-order valence-electron chi connectivity index (χ2n) is 7.01. The van der Waals surface area contributed by atoms with Crippen molar-refractivity contribution in [3.8, 4) is 5.69 Å². The molecule has 4 N–H and O–H groups in total. The maximum Gasteiger partial charge on any atom is 0.281 e. The van der Waals surface area contributed by atoms with E-state index in [2.05, 4.69) is 20.6 Å². The first-order valence-corrected chi connectivity index (χ1v) is 10.6. The van der Waals surface area contributed by atoms with Crippen molar-refractivity contribution in [2.24, 2.45) is 5.10 Å². The van der Waals surface area contributed by atoms with Gasteiger partial charge in [0.25, 0.3) is 5.56 Å². The summed E-state index contributed by atoms with van der Waals surface area (Å²) in [5.74, 6) is 0. The summed E-state index contributed by atoms with van der Waals surface area (Å²) in [6, 6.07) is 27.1. The van der Waals surface area contributed by atoms with Crippen LogP contribution >= 0.6 is 11.3 Å². The molecule has 7 nitrogen and oxygen atoms in total. The van der Waals surface area contributed by atoms with Crippen LogP contribution in [-0.4, -0.2) is 26.0 Å². The fraction of sp³-hybridized carbons (Fsp3) is 0.0417. The summed E-state index contributed by atoms with van der Waals surface area (Å²) in [4.78, 5) is 17.9. The molecule has 5 rings (SSSR count). The van der Waals surface area contributed by atoms with Gasteiger partial charge in [0.2, 0.25) is 5.13 Å². The first kappa shape index (κ1) is 21.2. The van der Waals surface area contributed by atoms with Crippen LogP contribution in [0.15, 0.2) is 94.8 Å². The number of hydrazone groups is 1. The van der Waals surface area contributed by atoms with E-state index in [1.807, 2.05) is 91.9 Å². The molecule has 0 aliphatic carbocycles. The first-order valence-electron chi connectivity index (χ1n) is 9.83. The highest BCUT2D eigenvalue weighted by molar-refractivity contribution is 7.22. The number of aromatic nitrogens is 3. The van der Waals surface area contributed by atoms with Crippen molar-refractivity contribution in [1.82, 2.24) is 14.8 Å². The van der Waals surface area contributed by atoms with Crippen LogP contribution in [0, 0.1) is 6.92 Å². The topological polar surface area (TPSA) is 107 Å². The Morgan fingerprint density at radius 2 is 1.62 bits per heavy atom. The molecule has 160 valence electrons. The smallest absolute Gasteiger partial charge is 0.281 e. The van der Waals surface area contributed by atoms with Crippen molar-refractivity contribution in [1.29, 1.82) is 0 Å². The molecule has 0 unspecified atom stereocenters. The highest BCUT2D eigenvalue weighted by Crippen LogP contribution is 2.25. The van der Waals surface area contributed by atoms with Crippen LogP contribution in [0.3, 0.4) is 0 Å². The molecule has 32 heavy (non-hydrogen) atoms. The normalized spacial score (nSPS) is 11.3. The number of thiazole rings is 1. The standard InChI is InChI=1S/C24H19N5OS.H2O/c1-16-21(23(30)29(28-16)18-12-6-3-7-13-18)22(17-10-4-2-5-11-17)26-27-24-25-19-14-8-9-15-20(19)31-24;/h2-15,28H,1H3,(H,25,27);1H2/b26-22-;. The van der Waals surface area contributed by atoms with Gasteiger partial charge < -0.3 is 5.48 Å². The van der Waals surface area contributed by atoms with Gasteiger partial charge in [-0.25, -0.2) is 9.67 Å². The van der Waals surface area contributed by atoms with E-state index in [-0.39, 0.29) is 11.0 Å². The van der Waals surface area contributed by atoms with E-state index in [0.29, 0.717) is 16.4 Å². The van der Waals surface area contributed by atoms with Gasteiger partial charge in [0, 0.05) is 11.3 Å². The Balaban J connectivity index is 0.00000245. The third kappa shape index (κ3) is 3.96. The number of hydrogen-bond acceptors (Lipinski definition) is 5. The molecular weight excluding hydrogens is 422 g/mol. The SMILES string of the molecule is Cc1[nH]n(-c2ccccc2)c(=O)c1/C(=N\Nc1nc2ccccc2s1)c1ccccc1.O. The maximum atomic E-state index is 13.4. The van der Waals surface area contributed by atoms with Gasteiger partial charge in [-0.05, 0) is 31.2 Å². The van der Waals surface area contributed by atoms with Gasteiger partial charge in [-0.15, -0.1) is 0 Å². The second kappa shape index (κ2) is 9.01. The number of aromatic amines is 1. The Labute approximate surface area is 188 Å². The highest BCUT2D eigenvalue weighted by atomic mass is 32.1. The van der Waals surface area contributed by atoms with E-state index in [1.165, 1.54) is 11.3 Å². The van der Waals surface area contributed by atoms with Crippen molar-refractivity contribution >= 4 is 32.4 Å². The zero-order chi connectivity index (χ0) is 21.2. The lowest BCUT2D eigenvalue weighted by molar-refractivity contribution is 0.824. The summed E-state index contributed by atoms with van der Waals surface area (Å²) >= 11 is 1.52. The molecule has 0 fully saturated rings. The molecule has 0 amide bonds. The summed E-state index contributed by atoms with van der Waals surface area (Å²) in [5.41, 5.74) is 7.26. The molecule has 3 aromatic carbocycles. The van der Waals surface area contributed by atoms with E-state index >= 15 is 0 Å². The molecule has 2 aromatic heterocycles. The number of para-hydroxylation sites is 2. The molecule has 0 atom stereocenters. The monoisotopic (exact) mass is 443 g/mol. The maximum absolute atomic E-state index is 13.4. The van der Waals surface area contributed by atoms with Crippen molar-refractivity contribution in [3.05, 3.63) is 112 Å². The molecule has 0 aliphatic heterocycles. The third-order valence-electron chi connectivity index (χ3n) is 4.93. The van der Waals surface area contributed by atoms with Crippen molar-refractivity contribution in [2.75, 3.05) is 5.43 Å². The van der Waals surface area contributed by atoms with Crippen LogP contribution in [0.4, 0.5) is 5.13 Å². The molecule has 5 aromatic rings. The van der Waals surface area contributed by atoms with Gasteiger partial charge in [0.1, 0.15) is 5.71 Å². The number of fused-ring (bicyclic) bond motifs is 1. The summed E-state index contributed by atoms with van der Waals surface area (Å²) in [7, 11) is 0. The van der Waals surface area contributed by atoms with Crippen molar-refractivity contribution in [3.63, 3.8) is 0 Å². The number of H-pyrrole nitrogens is 1. The van der Waals surface area contributed by atoms with E-state index < -0.39 is 0 Å². The Bertz CT molecular complexity index is 1400. The summed E-state index contributed by atoms with van der Waals surface area (Å²) in [6.45, 7) is 1.88. The molecule has 0 spiro atoms. The zero-order valence-electron chi connectivity index (χ0n) is 17.2. The summed E-state index contributed by atoms with van der Waals surface area (Å²) in [6.07, 6.45) is 0. The van der Waals surface area contributed by atoms with Crippen molar-refractivity contribution < 1.29 is 5.48 Å². The minimum Gasteiger partial charge on any atom is -0.412 e. The molecular formula is C24H21N5O2S. The molecule has 8 heteroatoms. The first-order chi connectivity index (χ1) is 15.2. The molecule has 0 aliphatic rings. The van der Waals surface area contributed by atoms with Gasteiger partial charge in [-0.2, -0.15) is 5.10 Å². The van der Waals surface area contributed by atoms with Gasteiger partial charge in [0.05, 0.1) is 21.5 Å². The van der Waals surface area contributed by atoms with Gasteiger partial charge in [0.15, 0.2) is 0 Å². The molecule has 2 heterocycles. The number of rotatable bonds is 5. The Hall–Kier alpha value is -4.01. The lowest BCUT2D eigenvalue weighted by atomic mass is 10.0. The fourth-order valence-corrected chi connectivity index (χ4v) is 4.28. The average molecular weight is 444 g/mol. The Kier molecular flexibility index (Phi) is 5.98. The lowest BCUT2D eigenvalue weighted by Gasteiger charge is -2.05. The summed E-state index contributed by atoms with van der Waals surface area (Å²) in [5, 5.41) is 8.49. The van der Waals surface area contributed by atoms with E-state index in [9.17, 15) is 4.79 Å². The number of anilines is 1. The van der Waals surface area contributed by atoms with E-state index in [4.69, 9.17) is 0 Å². The van der Waals surface area contributed by atoms with Crippen LogP contribution in [-0.2, 0) is 0 Å². The highest BCUT2D eigenvalue weighted by Gasteiger charge is 2.20. The number of nitrogens with one attached hydrogen (secondary N) is 2. The lowest BCUT2D eigenvalue weighted by Crippen LogP contribution is -2.22. The van der Waals surface area contributed by atoms with Crippen molar-refractivity contribution in [2.45, 2.75) is 6.92 Å². The number of aryl methyl sites for hydroxylation is 1. The second-order valence-corrected chi connectivity index (χ2v) is 8.04. The predicted molar refractivity (Wildman–Crippen MR) is 130 cm³/mol. The van der Waals surface area contributed by atoms with E-state index in [1.54, 1.807) is 4.68 Å². The number of nitrogens with zero attached hydrogens (tertiary/aromatic N) is 3. The summed E-state index contributed by atoms with van der Waals surface area (Å²) < 4.78 is 2.62. The molecule has 0 bridgehead atoms. The van der Waals surface area contributed by atoms with Crippen LogP contribution in [0.1, 0.15) is 16.8 Å². The zero-order valence-corrected chi connectivity index (χ0v) is 18.1. The Morgan fingerprint density at radius 1 is 0.969 bits per heavy atom. The minimum atomic E-state index is -0.155. The van der Waals surface area contributed by atoms with Gasteiger partial charge in [-0.1, -0.05) is 72.0 Å². The third-order valence-corrected chi connectivity index (χ3v) is 5.87. The van der Waals surface area contributed by atoms with Crippen LogP contribution in [0.2, 0.25) is 0 Å². The molecule has 0 radical (unpaired) electrons.